The van der Waals surface area contributed by atoms with E-state index in [9.17, 15) is 27.9 Å². The van der Waals surface area contributed by atoms with E-state index in [1.165, 1.54) is 23.9 Å². The van der Waals surface area contributed by atoms with E-state index in [1.807, 2.05) is 0 Å². The molecule has 0 aliphatic carbocycles. The predicted octanol–water partition coefficient (Wildman–Crippen LogP) is 1.78. The summed E-state index contributed by atoms with van der Waals surface area (Å²) in [6.07, 6.45) is 1.41. The highest BCUT2D eigenvalue weighted by Gasteiger charge is 2.51. The summed E-state index contributed by atoms with van der Waals surface area (Å²) in [5.41, 5.74) is 1.49. The summed E-state index contributed by atoms with van der Waals surface area (Å²) in [7, 11) is -3.98. The number of nitrogens with one attached hydrogen (secondary N) is 3. The molecule has 42 heavy (non-hydrogen) atoms. The monoisotopic (exact) mass is 615 g/mol. The molecule has 0 radical (unpaired) electrons. The molecule has 2 aromatic rings. The summed E-state index contributed by atoms with van der Waals surface area (Å²) >= 11 is 1.32. The largest absolute Gasteiger partial charge is 0.480 e. The molecule has 0 bridgehead atoms. The number of carbonyl (C=O) groups is 3. The maximum atomic E-state index is 13.5. The Labute approximate surface area is 250 Å². The second-order valence-electron chi connectivity index (χ2n) is 10.8. The summed E-state index contributed by atoms with van der Waals surface area (Å²) in [4.78, 5) is 42.3. The van der Waals surface area contributed by atoms with Crippen LogP contribution < -0.4 is 16.0 Å². The van der Waals surface area contributed by atoms with Crippen LogP contribution in [0.3, 0.4) is 0 Å². The standard InChI is InChI=1S/C29H37N5O6S2/c1-29(2)25(34(19-41-29)42(39,40)23-8-4-3-5-9-23)26(36)33-24(27(37)38)18-21-12-10-20(11-13-21)17-22(35)7-6-14-30-28-31-15-16-32-28/h3-5,8-13,24-25H,6-7,14-19H2,1-2H3,(H,33,36)(H,37,38)(H2,30,31,32)/t24?,25-/m1/s1. The highest BCUT2D eigenvalue weighted by atomic mass is 32.2. The Bertz CT molecular complexity index is 1410. The number of carbonyl (C=O) groups excluding carboxylic acids is 2. The third kappa shape index (κ3) is 7.90. The summed E-state index contributed by atoms with van der Waals surface area (Å²) in [5.74, 6) is -0.938. The van der Waals surface area contributed by atoms with Crippen molar-refractivity contribution in [3.05, 3.63) is 65.7 Å². The lowest BCUT2D eigenvalue weighted by Gasteiger charge is -2.31. The fourth-order valence-corrected chi connectivity index (χ4v) is 8.11. The maximum absolute atomic E-state index is 13.5. The van der Waals surface area contributed by atoms with Crippen molar-refractivity contribution in [3.63, 3.8) is 0 Å². The van der Waals surface area contributed by atoms with Gasteiger partial charge in [0.1, 0.15) is 17.9 Å². The fraction of sp³-hybridized carbons (Fsp3) is 0.448. The summed E-state index contributed by atoms with van der Waals surface area (Å²) < 4.78 is 27.1. The molecule has 2 atom stereocenters. The van der Waals surface area contributed by atoms with Gasteiger partial charge in [-0.25, -0.2) is 13.2 Å². The van der Waals surface area contributed by atoms with Crippen LogP contribution in [0.2, 0.25) is 0 Å². The molecule has 2 aliphatic heterocycles. The minimum absolute atomic E-state index is 0.00458. The van der Waals surface area contributed by atoms with Crippen LogP contribution in [0.15, 0.2) is 64.5 Å². The van der Waals surface area contributed by atoms with E-state index in [-0.39, 0.29) is 29.4 Å². The van der Waals surface area contributed by atoms with Crippen LogP contribution in [0.25, 0.3) is 0 Å². The number of thioether (sulfide) groups is 1. The van der Waals surface area contributed by atoms with Gasteiger partial charge in [0.25, 0.3) is 0 Å². The minimum atomic E-state index is -3.98. The molecule has 226 valence electrons. The first-order valence-electron chi connectivity index (χ1n) is 13.8. The van der Waals surface area contributed by atoms with Crippen LogP contribution in [0.1, 0.15) is 37.8 Å². The van der Waals surface area contributed by atoms with Gasteiger partial charge in [-0.05, 0) is 43.5 Å². The van der Waals surface area contributed by atoms with Crippen molar-refractivity contribution in [1.82, 2.24) is 20.3 Å². The number of aliphatic carboxylic acids is 1. The van der Waals surface area contributed by atoms with E-state index in [0.717, 1.165) is 28.9 Å². The number of hydrogen-bond donors (Lipinski definition) is 4. The molecule has 1 fully saturated rings. The number of benzene rings is 2. The molecular weight excluding hydrogens is 578 g/mol. The van der Waals surface area contributed by atoms with Gasteiger partial charge in [0.15, 0.2) is 5.96 Å². The van der Waals surface area contributed by atoms with Gasteiger partial charge in [0.2, 0.25) is 15.9 Å². The zero-order chi connectivity index (χ0) is 30.3. The molecule has 4 N–H and O–H groups in total. The number of Topliss-reactive ketones (excluding diaryl/α,β-unsaturated/α-hetero) is 1. The van der Waals surface area contributed by atoms with Gasteiger partial charge < -0.3 is 21.1 Å². The number of carboxylic acid groups (broad SMARTS) is 1. The van der Waals surface area contributed by atoms with E-state index in [4.69, 9.17) is 0 Å². The first kappa shape index (κ1) is 31.5. The molecule has 4 rings (SSSR count). The number of nitrogens with zero attached hydrogens (tertiary/aromatic N) is 2. The van der Waals surface area contributed by atoms with Gasteiger partial charge in [0.05, 0.1) is 17.3 Å². The number of sulfonamides is 1. The van der Waals surface area contributed by atoms with Gasteiger partial charge in [0, 0.05) is 37.1 Å². The van der Waals surface area contributed by atoms with Crippen molar-refractivity contribution in [1.29, 1.82) is 0 Å². The maximum Gasteiger partial charge on any atom is 0.326 e. The first-order chi connectivity index (χ1) is 20.0. The SMILES string of the molecule is CC1(C)SCN(S(=O)(=O)c2ccccc2)[C@@H]1C(=O)NC(Cc1ccc(CC(=O)CCCNC2=NCCN2)cc1)C(=O)O. The number of ketones is 1. The molecule has 2 aliphatic rings. The molecule has 0 saturated carbocycles. The van der Waals surface area contributed by atoms with Crippen LogP contribution >= 0.6 is 11.8 Å². The van der Waals surface area contributed by atoms with E-state index in [0.29, 0.717) is 24.9 Å². The van der Waals surface area contributed by atoms with Crippen LogP contribution in [0.5, 0.6) is 0 Å². The number of aliphatic imine (C=N–C) groups is 1. The Hall–Kier alpha value is -3.42. The van der Waals surface area contributed by atoms with Crippen LogP contribution in [0, 0.1) is 0 Å². The van der Waals surface area contributed by atoms with Gasteiger partial charge in [-0.1, -0.05) is 42.5 Å². The Balaban J connectivity index is 1.35. The Morgan fingerprint density at radius 2 is 1.81 bits per heavy atom. The molecular formula is C29H37N5O6S2. The Kier molecular flexibility index (Phi) is 10.3. The fourth-order valence-electron chi connectivity index (χ4n) is 4.92. The summed E-state index contributed by atoms with van der Waals surface area (Å²) in [6.45, 7) is 5.79. The molecule has 2 aromatic carbocycles. The molecule has 0 spiro atoms. The second kappa shape index (κ2) is 13.7. The van der Waals surface area contributed by atoms with Crippen molar-refractivity contribution in [2.24, 2.45) is 4.99 Å². The predicted molar refractivity (Wildman–Crippen MR) is 162 cm³/mol. The van der Waals surface area contributed by atoms with Crippen molar-refractivity contribution >= 4 is 45.4 Å². The van der Waals surface area contributed by atoms with Crippen LogP contribution in [-0.2, 0) is 37.2 Å². The van der Waals surface area contributed by atoms with Crippen molar-refractivity contribution in [3.8, 4) is 0 Å². The summed E-state index contributed by atoms with van der Waals surface area (Å²) in [6, 6.07) is 12.6. The molecule has 1 unspecified atom stereocenters. The van der Waals surface area contributed by atoms with Gasteiger partial charge >= 0.3 is 5.97 Å². The lowest BCUT2D eigenvalue weighted by molar-refractivity contribution is -0.142. The molecule has 2 heterocycles. The topological polar surface area (TPSA) is 157 Å². The van der Waals surface area contributed by atoms with Crippen molar-refractivity contribution < 1.29 is 27.9 Å². The van der Waals surface area contributed by atoms with Crippen molar-refractivity contribution in [2.75, 3.05) is 25.5 Å². The smallest absolute Gasteiger partial charge is 0.326 e. The minimum Gasteiger partial charge on any atom is -0.480 e. The highest BCUT2D eigenvalue weighted by molar-refractivity contribution is 8.02. The zero-order valence-electron chi connectivity index (χ0n) is 23.7. The van der Waals surface area contributed by atoms with E-state index >= 15 is 0 Å². The Morgan fingerprint density at radius 3 is 2.45 bits per heavy atom. The summed E-state index contributed by atoms with van der Waals surface area (Å²) in [5, 5.41) is 18.8. The molecule has 0 aromatic heterocycles. The molecule has 13 heteroatoms. The van der Waals surface area contributed by atoms with Crippen LogP contribution in [-0.4, -0.2) is 83.8 Å². The first-order valence-corrected chi connectivity index (χ1v) is 16.3. The second-order valence-corrected chi connectivity index (χ2v) is 14.3. The number of rotatable bonds is 13. The highest BCUT2D eigenvalue weighted by Crippen LogP contribution is 2.42. The number of guanidine groups is 1. The Morgan fingerprint density at radius 1 is 1.12 bits per heavy atom. The van der Waals surface area contributed by atoms with E-state index < -0.39 is 38.7 Å². The van der Waals surface area contributed by atoms with Crippen LogP contribution in [0.4, 0.5) is 0 Å². The van der Waals surface area contributed by atoms with E-state index in [2.05, 4.69) is 20.9 Å². The molecule has 11 nitrogen and oxygen atoms in total. The average Bonchev–Trinajstić information content (AvgIpc) is 3.59. The number of amides is 1. The lowest BCUT2D eigenvalue weighted by Crippen LogP contribution is -2.56. The van der Waals surface area contributed by atoms with Gasteiger partial charge in [-0.15, -0.1) is 11.8 Å². The third-order valence-electron chi connectivity index (χ3n) is 7.19. The average molecular weight is 616 g/mol. The molecule has 1 amide bonds. The zero-order valence-corrected chi connectivity index (χ0v) is 25.3. The van der Waals surface area contributed by atoms with E-state index in [1.54, 1.807) is 56.3 Å². The quantitative estimate of drug-likeness (QED) is 0.247. The van der Waals surface area contributed by atoms with Gasteiger partial charge in [-0.3, -0.25) is 14.6 Å². The third-order valence-corrected chi connectivity index (χ3v) is 10.5. The number of carboxylic acids is 1. The normalized spacial score (nSPS) is 19.0. The van der Waals surface area contributed by atoms with Crippen molar-refractivity contribution in [2.45, 2.75) is 61.3 Å². The van der Waals surface area contributed by atoms with Gasteiger partial charge in [-0.2, -0.15) is 4.31 Å². The molecule has 1 saturated heterocycles. The lowest BCUT2D eigenvalue weighted by atomic mass is 9.99. The number of hydrogen-bond acceptors (Lipinski definition) is 9.